The number of nitrogens with two attached hydrogens (primary N) is 1. The van der Waals surface area contributed by atoms with Gasteiger partial charge in [0.2, 0.25) is 0 Å². The van der Waals surface area contributed by atoms with E-state index in [1.165, 1.54) is 32.4 Å². The number of aromatic nitrogens is 1. The number of hydrogen-bond acceptors (Lipinski definition) is 6. The molecule has 8 heteroatoms. The van der Waals surface area contributed by atoms with Crippen LogP contribution in [0, 0.1) is 0 Å². The number of carboxylic acids is 1. The summed E-state index contributed by atoms with van der Waals surface area (Å²) in [6.07, 6.45) is 6.12. The molecule has 194 valence electrons. The Labute approximate surface area is 217 Å². The molecule has 0 spiro atoms. The third-order valence-corrected chi connectivity index (χ3v) is 7.55. The molecule has 2 aliphatic heterocycles. The second-order valence-electron chi connectivity index (χ2n) is 10.0. The maximum Gasteiger partial charge on any atom is 0.336 e. The SMILES string of the molecule is NC(=O)COc1ccc2c(C(=O)O)c(CN3CCC(N4CCCCC4)CC3)c(-c3ccccc3)nc2c1. The Hall–Kier alpha value is -3.49. The van der Waals surface area contributed by atoms with Gasteiger partial charge in [-0.2, -0.15) is 0 Å². The number of ether oxygens (including phenoxy) is 1. The second kappa shape index (κ2) is 11.3. The Morgan fingerprint density at radius 2 is 1.73 bits per heavy atom. The van der Waals surface area contributed by atoms with Crippen LogP contribution in [0.1, 0.15) is 48.0 Å². The van der Waals surface area contributed by atoms with Gasteiger partial charge in [-0.15, -0.1) is 0 Å². The van der Waals surface area contributed by atoms with Crippen LogP contribution in [0.4, 0.5) is 0 Å². The van der Waals surface area contributed by atoms with Gasteiger partial charge in [-0.25, -0.2) is 9.78 Å². The van der Waals surface area contributed by atoms with Gasteiger partial charge in [0.25, 0.3) is 5.91 Å². The minimum Gasteiger partial charge on any atom is -0.484 e. The molecule has 0 radical (unpaired) electrons. The molecule has 3 heterocycles. The summed E-state index contributed by atoms with van der Waals surface area (Å²) in [6, 6.07) is 15.4. The molecule has 8 nitrogen and oxygen atoms in total. The van der Waals surface area contributed by atoms with E-state index in [0.717, 1.165) is 37.1 Å². The summed E-state index contributed by atoms with van der Waals surface area (Å²) >= 11 is 0. The number of rotatable bonds is 8. The molecule has 1 aromatic heterocycles. The molecule has 0 saturated carbocycles. The van der Waals surface area contributed by atoms with Crippen LogP contribution in [0.3, 0.4) is 0 Å². The Bertz CT molecular complexity index is 1270. The largest absolute Gasteiger partial charge is 0.484 e. The number of carbonyl (C=O) groups is 2. The first-order valence-corrected chi connectivity index (χ1v) is 13.1. The predicted octanol–water partition coefficient (Wildman–Crippen LogP) is 3.91. The van der Waals surface area contributed by atoms with Crippen molar-refractivity contribution >= 4 is 22.8 Å². The second-order valence-corrected chi connectivity index (χ2v) is 10.0. The summed E-state index contributed by atoms with van der Waals surface area (Å²) in [5, 5.41) is 10.9. The van der Waals surface area contributed by atoms with Crippen LogP contribution in [0.2, 0.25) is 0 Å². The molecular weight excluding hydrogens is 468 g/mol. The number of carbonyl (C=O) groups excluding carboxylic acids is 1. The number of primary amides is 1. The van der Waals surface area contributed by atoms with Crippen LogP contribution in [0.5, 0.6) is 5.75 Å². The van der Waals surface area contributed by atoms with Crippen LogP contribution in [-0.2, 0) is 11.3 Å². The van der Waals surface area contributed by atoms with Crippen molar-refractivity contribution in [2.24, 2.45) is 5.73 Å². The highest BCUT2D eigenvalue weighted by atomic mass is 16.5. The molecule has 37 heavy (non-hydrogen) atoms. The van der Waals surface area contributed by atoms with Crippen LogP contribution >= 0.6 is 0 Å². The van der Waals surface area contributed by atoms with Gasteiger partial charge >= 0.3 is 5.97 Å². The van der Waals surface area contributed by atoms with Crippen LogP contribution in [0.25, 0.3) is 22.2 Å². The number of amides is 1. The minimum atomic E-state index is -0.978. The Kier molecular flexibility index (Phi) is 7.67. The summed E-state index contributed by atoms with van der Waals surface area (Å²) in [5.41, 5.74) is 8.25. The van der Waals surface area contributed by atoms with Gasteiger partial charge < -0.3 is 20.5 Å². The maximum absolute atomic E-state index is 12.7. The topological polar surface area (TPSA) is 109 Å². The molecule has 2 aliphatic rings. The van der Waals surface area contributed by atoms with E-state index in [0.29, 0.717) is 34.9 Å². The molecule has 2 aromatic carbocycles. The normalized spacial score (nSPS) is 17.6. The van der Waals surface area contributed by atoms with Crippen molar-refractivity contribution in [3.05, 3.63) is 59.7 Å². The van der Waals surface area contributed by atoms with E-state index in [9.17, 15) is 14.7 Å². The average molecular weight is 503 g/mol. The van der Waals surface area contributed by atoms with E-state index in [-0.39, 0.29) is 12.2 Å². The highest BCUT2D eigenvalue weighted by molar-refractivity contribution is 6.06. The van der Waals surface area contributed by atoms with Gasteiger partial charge in [-0.3, -0.25) is 9.69 Å². The first kappa shape index (κ1) is 25.2. The number of piperidine rings is 2. The molecule has 1 amide bonds. The van der Waals surface area contributed by atoms with Crippen LogP contribution in [0.15, 0.2) is 48.5 Å². The monoisotopic (exact) mass is 502 g/mol. The molecule has 0 aliphatic carbocycles. The molecule has 0 unspecified atom stereocenters. The Morgan fingerprint density at radius 3 is 2.41 bits per heavy atom. The number of fused-ring (bicyclic) bond motifs is 1. The Morgan fingerprint density at radius 1 is 1.00 bits per heavy atom. The van der Waals surface area contributed by atoms with Crippen molar-refractivity contribution in [3.63, 3.8) is 0 Å². The zero-order chi connectivity index (χ0) is 25.8. The third kappa shape index (κ3) is 5.76. The number of aromatic carboxylic acids is 1. The van der Waals surface area contributed by atoms with Crippen molar-refractivity contribution in [3.8, 4) is 17.0 Å². The predicted molar refractivity (Wildman–Crippen MR) is 143 cm³/mol. The van der Waals surface area contributed by atoms with E-state index in [1.54, 1.807) is 18.2 Å². The fraction of sp³-hybridized carbons (Fsp3) is 0.414. The first-order chi connectivity index (χ1) is 18.0. The fourth-order valence-corrected chi connectivity index (χ4v) is 5.71. The lowest BCUT2D eigenvalue weighted by Crippen LogP contribution is -2.46. The highest BCUT2D eigenvalue weighted by Gasteiger charge is 2.28. The smallest absolute Gasteiger partial charge is 0.336 e. The van der Waals surface area contributed by atoms with Crippen molar-refractivity contribution in [2.75, 3.05) is 32.8 Å². The van der Waals surface area contributed by atoms with E-state index in [2.05, 4.69) is 9.80 Å². The van der Waals surface area contributed by atoms with E-state index < -0.39 is 11.9 Å². The summed E-state index contributed by atoms with van der Waals surface area (Å²) in [7, 11) is 0. The quantitative estimate of drug-likeness (QED) is 0.481. The van der Waals surface area contributed by atoms with Crippen molar-refractivity contribution in [1.29, 1.82) is 0 Å². The van der Waals surface area contributed by atoms with E-state index in [1.807, 2.05) is 30.3 Å². The standard InChI is InChI=1S/C29H34N4O4/c30-26(34)19-37-22-9-10-23-25(17-22)31-28(20-7-3-1-4-8-20)24(27(23)29(35)36)18-32-15-11-21(12-16-32)33-13-5-2-6-14-33/h1,3-4,7-10,17,21H,2,5-6,11-16,18-19H2,(H2,30,34)(H,35,36). The summed E-state index contributed by atoms with van der Waals surface area (Å²) in [5.74, 6) is -1.14. The molecular formula is C29H34N4O4. The summed E-state index contributed by atoms with van der Waals surface area (Å²) in [4.78, 5) is 33.8. The first-order valence-electron chi connectivity index (χ1n) is 13.1. The van der Waals surface area contributed by atoms with Crippen molar-refractivity contribution in [1.82, 2.24) is 14.8 Å². The number of carboxylic acid groups (broad SMARTS) is 1. The van der Waals surface area contributed by atoms with Gasteiger partial charge in [0.1, 0.15) is 5.75 Å². The van der Waals surface area contributed by atoms with Gasteiger partial charge in [0.15, 0.2) is 6.61 Å². The summed E-state index contributed by atoms with van der Waals surface area (Å²) in [6.45, 7) is 4.55. The molecule has 2 saturated heterocycles. The van der Waals surface area contributed by atoms with E-state index in [4.69, 9.17) is 15.5 Å². The van der Waals surface area contributed by atoms with E-state index >= 15 is 0 Å². The number of hydrogen-bond donors (Lipinski definition) is 2. The van der Waals surface area contributed by atoms with Gasteiger partial charge in [0, 0.05) is 35.2 Å². The minimum absolute atomic E-state index is 0.256. The van der Waals surface area contributed by atoms with Gasteiger partial charge in [-0.1, -0.05) is 36.8 Å². The molecule has 0 bridgehead atoms. The fourth-order valence-electron chi connectivity index (χ4n) is 5.71. The average Bonchev–Trinajstić information content (AvgIpc) is 2.92. The molecule has 3 aromatic rings. The molecule has 3 N–H and O–H groups in total. The van der Waals surface area contributed by atoms with Crippen LogP contribution in [-0.4, -0.2) is 70.6 Å². The molecule has 2 fully saturated rings. The maximum atomic E-state index is 12.7. The van der Waals surface area contributed by atoms with Crippen molar-refractivity contribution in [2.45, 2.75) is 44.7 Å². The molecule has 0 atom stereocenters. The van der Waals surface area contributed by atoms with Crippen LogP contribution < -0.4 is 10.5 Å². The van der Waals surface area contributed by atoms with Gasteiger partial charge in [0.05, 0.1) is 16.8 Å². The number of benzene rings is 2. The zero-order valence-electron chi connectivity index (χ0n) is 21.1. The highest BCUT2D eigenvalue weighted by Crippen LogP contribution is 2.34. The number of likely N-dealkylation sites (tertiary alicyclic amines) is 2. The zero-order valence-corrected chi connectivity index (χ0v) is 21.1. The van der Waals surface area contributed by atoms with Crippen molar-refractivity contribution < 1.29 is 19.4 Å². The molecule has 5 rings (SSSR count). The third-order valence-electron chi connectivity index (χ3n) is 7.55. The lowest BCUT2D eigenvalue weighted by Gasteiger charge is -2.40. The van der Waals surface area contributed by atoms with Gasteiger partial charge in [-0.05, 0) is 64.0 Å². The Balaban J connectivity index is 1.49. The number of pyridine rings is 1. The lowest BCUT2D eigenvalue weighted by atomic mass is 9.94. The lowest BCUT2D eigenvalue weighted by molar-refractivity contribution is -0.119. The summed E-state index contributed by atoms with van der Waals surface area (Å²) < 4.78 is 5.46. The number of nitrogens with zero attached hydrogens (tertiary/aromatic N) is 3.